The third kappa shape index (κ3) is 2.43. The van der Waals surface area contributed by atoms with Crippen LogP contribution in [0.5, 0.6) is 5.75 Å². The average molecular weight is 276 g/mol. The Bertz CT molecular complexity index is 727. The normalized spacial score (nSPS) is 10.8. The predicted molar refractivity (Wildman–Crippen MR) is 71.9 cm³/mol. The van der Waals surface area contributed by atoms with Crippen LogP contribution in [0.15, 0.2) is 30.6 Å². The zero-order valence-electron chi connectivity index (χ0n) is 9.80. The number of fused-ring (bicyclic) bond motifs is 1. The summed E-state index contributed by atoms with van der Waals surface area (Å²) in [6.45, 7) is 0.274. The Labute approximate surface area is 113 Å². The van der Waals surface area contributed by atoms with Crippen molar-refractivity contribution in [2.75, 3.05) is 5.73 Å². The van der Waals surface area contributed by atoms with Crippen molar-refractivity contribution >= 4 is 28.6 Å². The standard InChI is InChI=1S/C12H10ClN5O/c13-7-2-1-3-8(4-7)19-5-9-17-10-11(14)15-6-16-12(10)18-9/h1-4,6H,5H2,(H3,14,15,16,17,18). The quantitative estimate of drug-likeness (QED) is 0.764. The van der Waals surface area contributed by atoms with Gasteiger partial charge in [-0.25, -0.2) is 15.0 Å². The van der Waals surface area contributed by atoms with Gasteiger partial charge in [-0.05, 0) is 18.2 Å². The number of anilines is 1. The molecular weight excluding hydrogens is 266 g/mol. The van der Waals surface area contributed by atoms with Crippen LogP contribution in [0.3, 0.4) is 0 Å². The van der Waals surface area contributed by atoms with E-state index in [4.69, 9.17) is 22.1 Å². The average Bonchev–Trinajstić information content (AvgIpc) is 2.81. The lowest BCUT2D eigenvalue weighted by molar-refractivity contribution is 0.297. The molecule has 3 aromatic rings. The van der Waals surface area contributed by atoms with Gasteiger partial charge in [-0.1, -0.05) is 17.7 Å². The molecule has 0 saturated heterocycles. The van der Waals surface area contributed by atoms with Gasteiger partial charge in [-0.15, -0.1) is 0 Å². The summed E-state index contributed by atoms with van der Waals surface area (Å²) in [5.41, 5.74) is 6.86. The minimum Gasteiger partial charge on any atom is -0.486 e. The van der Waals surface area contributed by atoms with Gasteiger partial charge in [-0.2, -0.15) is 0 Å². The Morgan fingerprint density at radius 1 is 1.32 bits per heavy atom. The largest absolute Gasteiger partial charge is 0.486 e. The van der Waals surface area contributed by atoms with Crippen LogP contribution in [0.1, 0.15) is 5.82 Å². The van der Waals surface area contributed by atoms with Gasteiger partial charge in [0, 0.05) is 5.02 Å². The van der Waals surface area contributed by atoms with E-state index in [1.807, 2.05) is 12.1 Å². The number of ether oxygens (including phenoxy) is 1. The van der Waals surface area contributed by atoms with E-state index in [-0.39, 0.29) is 6.61 Å². The lowest BCUT2D eigenvalue weighted by atomic mass is 10.3. The Morgan fingerprint density at radius 3 is 3.00 bits per heavy atom. The summed E-state index contributed by atoms with van der Waals surface area (Å²) >= 11 is 5.87. The SMILES string of the molecule is Nc1ncnc2nc(COc3cccc(Cl)c3)[nH]c12. The third-order valence-corrected chi connectivity index (χ3v) is 2.77. The topological polar surface area (TPSA) is 89.7 Å². The molecule has 3 N–H and O–H groups in total. The monoisotopic (exact) mass is 275 g/mol. The lowest BCUT2D eigenvalue weighted by Gasteiger charge is -2.03. The summed E-state index contributed by atoms with van der Waals surface area (Å²) in [7, 11) is 0. The second-order valence-electron chi connectivity index (χ2n) is 3.89. The zero-order valence-corrected chi connectivity index (χ0v) is 10.6. The van der Waals surface area contributed by atoms with E-state index in [0.29, 0.717) is 33.6 Å². The van der Waals surface area contributed by atoms with Crippen molar-refractivity contribution in [2.45, 2.75) is 6.61 Å². The third-order valence-electron chi connectivity index (χ3n) is 2.54. The number of imidazole rings is 1. The minimum atomic E-state index is 0.274. The van der Waals surface area contributed by atoms with E-state index < -0.39 is 0 Å². The van der Waals surface area contributed by atoms with E-state index in [9.17, 15) is 0 Å². The molecule has 6 nitrogen and oxygen atoms in total. The number of nitrogens with two attached hydrogens (primary N) is 1. The van der Waals surface area contributed by atoms with Gasteiger partial charge in [0.2, 0.25) is 0 Å². The van der Waals surface area contributed by atoms with Gasteiger partial charge in [0.25, 0.3) is 0 Å². The first kappa shape index (κ1) is 11.7. The van der Waals surface area contributed by atoms with E-state index in [1.165, 1.54) is 6.33 Å². The number of nitrogen functional groups attached to an aromatic ring is 1. The van der Waals surface area contributed by atoms with Crippen LogP contribution in [0.2, 0.25) is 5.02 Å². The zero-order chi connectivity index (χ0) is 13.2. The molecule has 2 aromatic heterocycles. The molecule has 0 aliphatic rings. The molecule has 0 fully saturated rings. The van der Waals surface area contributed by atoms with Crippen LogP contribution in [0, 0.1) is 0 Å². The number of nitrogens with zero attached hydrogens (tertiary/aromatic N) is 3. The van der Waals surface area contributed by atoms with E-state index >= 15 is 0 Å². The molecule has 0 unspecified atom stereocenters. The fourth-order valence-electron chi connectivity index (χ4n) is 1.67. The van der Waals surface area contributed by atoms with Crippen molar-refractivity contribution < 1.29 is 4.74 Å². The molecule has 0 spiro atoms. The first-order valence-corrected chi connectivity index (χ1v) is 5.93. The second-order valence-corrected chi connectivity index (χ2v) is 4.32. The van der Waals surface area contributed by atoms with Crippen molar-refractivity contribution in [2.24, 2.45) is 0 Å². The highest BCUT2D eigenvalue weighted by Gasteiger charge is 2.07. The Morgan fingerprint density at radius 2 is 2.21 bits per heavy atom. The van der Waals surface area contributed by atoms with Gasteiger partial charge in [0.05, 0.1) is 0 Å². The molecule has 0 bridgehead atoms. The fourth-order valence-corrected chi connectivity index (χ4v) is 1.85. The summed E-state index contributed by atoms with van der Waals surface area (Å²) < 4.78 is 5.58. The van der Waals surface area contributed by atoms with Crippen LogP contribution in [-0.2, 0) is 6.61 Å². The second kappa shape index (κ2) is 4.74. The Hall–Kier alpha value is -2.34. The highest BCUT2D eigenvalue weighted by molar-refractivity contribution is 6.30. The highest BCUT2D eigenvalue weighted by atomic mass is 35.5. The lowest BCUT2D eigenvalue weighted by Crippen LogP contribution is -1.97. The molecule has 1 aromatic carbocycles. The summed E-state index contributed by atoms with van der Waals surface area (Å²) in [6.07, 6.45) is 1.38. The summed E-state index contributed by atoms with van der Waals surface area (Å²) in [4.78, 5) is 15.2. The summed E-state index contributed by atoms with van der Waals surface area (Å²) in [5.74, 6) is 1.67. The van der Waals surface area contributed by atoms with Crippen LogP contribution < -0.4 is 10.5 Å². The van der Waals surface area contributed by atoms with Gasteiger partial charge in [0.15, 0.2) is 11.5 Å². The molecule has 0 saturated carbocycles. The first-order chi connectivity index (χ1) is 9.22. The number of rotatable bonds is 3. The van der Waals surface area contributed by atoms with Gasteiger partial charge < -0.3 is 15.5 Å². The van der Waals surface area contributed by atoms with Crippen LogP contribution in [0.4, 0.5) is 5.82 Å². The van der Waals surface area contributed by atoms with Gasteiger partial charge in [-0.3, -0.25) is 0 Å². The smallest absolute Gasteiger partial charge is 0.183 e. The molecule has 2 heterocycles. The van der Waals surface area contributed by atoms with E-state index in [2.05, 4.69) is 19.9 Å². The number of nitrogens with one attached hydrogen (secondary N) is 1. The molecule has 0 amide bonds. The molecule has 3 rings (SSSR count). The van der Waals surface area contributed by atoms with Crippen molar-refractivity contribution in [3.8, 4) is 5.75 Å². The molecule has 0 atom stereocenters. The van der Waals surface area contributed by atoms with Crippen LogP contribution in [-0.4, -0.2) is 19.9 Å². The number of hydrogen-bond acceptors (Lipinski definition) is 5. The molecular formula is C12H10ClN5O. The molecule has 96 valence electrons. The number of aromatic amines is 1. The van der Waals surface area contributed by atoms with E-state index in [0.717, 1.165) is 0 Å². The van der Waals surface area contributed by atoms with E-state index in [1.54, 1.807) is 12.1 Å². The predicted octanol–water partition coefficient (Wildman–Crippen LogP) is 2.17. The number of halogens is 1. The van der Waals surface area contributed by atoms with Crippen molar-refractivity contribution in [1.82, 2.24) is 19.9 Å². The van der Waals surface area contributed by atoms with Crippen molar-refractivity contribution in [1.29, 1.82) is 0 Å². The summed E-state index contributed by atoms with van der Waals surface area (Å²) in [6, 6.07) is 7.16. The van der Waals surface area contributed by atoms with Crippen LogP contribution in [0.25, 0.3) is 11.2 Å². The molecule has 0 radical (unpaired) electrons. The van der Waals surface area contributed by atoms with Crippen LogP contribution >= 0.6 is 11.6 Å². The van der Waals surface area contributed by atoms with Crippen molar-refractivity contribution in [3.63, 3.8) is 0 Å². The molecule has 0 aliphatic heterocycles. The fraction of sp³-hybridized carbons (Fsp3) is 0.0833. The first-order valence-electron chi connectivity index (χ1n) is 5.56. The summed E-state index contributed by atoms with van der Waals surface area (Å²) in [5, 5.41) is 0.622. The number of H-pyrrole nitrogens is 1. The number of benzene rings is 1. The highest BCUT2D eigenvalue weighted by Crippen LogP contribution is 2.19. The van der Waals surface area contributed by atoms with Gasteiger partial charge in [0.1, 0.15) is 30.0 Å². The maximum Gasteiger partial charge on any atom is 0.183 e. The number of hydrogen-bond donors (Lipinski definition) is 2. The van der Waals surface area contributed by atoms with Crippen molar-refractivity contribution in [3.05, 3.63) is 41.4 Å². The van der Waals surface area contributed by atoms with Gasteiger partial charge >= 0.3 is 0 Å². The number of aromatic nitrogens is 4. The molecule has 7 heteroatoms. The Balaban J connectivity index is 1.80. The molecule has 19 heavy (non-hydrogen) atoms. The molecule has 0 aliphatic carbocycles. The Kier molecular flexibility index (Phi) is 2.92. The minimum absolute atomic E-state index is 0.274. The maximum atomic E-state index is 5.87. The maximum absolute atomic E-state index is 5.87.